The van der Waals surface area contributed by atoms with Crippen molar-refractivity contribution in [1.82, 2.24) is 4.98 Å². The van der Waals surface area contributed by atoms with E-state index >= 15 is 0 Å². The molecule has 1 saturated heterocycles. The summed E-state index contributed by atoms with van der Waals surface area (Å²) in [6.07, 6.45) is 2.83. The van der Waals surface area contributed by atoms with E-state index in [1.54, 1.807) is 13.1 Å². The minimum absolute atomic E-state index is 0.259. The van der Waals surface area contributed by atoms with Gasteiger partial charge in [0.15, 0.2) is 0 Å². The van der Waals surface area contributed by atoms with Crippen LogP contribution >= 0.6 is 0 Å². The first-order valence-corrected chi connectivity index (χ1v) is 5.74. The number of hydrogen-bond acceptors (Lipinski definition) is 4. The zero-order chi connectivity index (χ0) is 11.5. The number of piperidine rings is 1. The number of anilines is 1. The molecule has 2 atom stereocenters. The van der Waals surface area contributed by atoms with Gasteiger partial charge in [-0.3, -0.25) is 0 Å². The molecule has 1 fully saturated rings. The summed E-state index contributed by atoms with van der Waals surface area (Å²) in [6, 6.07) is 3.71. The number of hydrogen-bond donors (Lipinski definition) is 2. The highest BCUT2D eigenvalue weighted by Crippen LogP contribution is 2.21. The van der Waals surface area contributed by atoms with Crippen molar-refractivity contribution < 1.29 is 10.2 Å². The highest BCUT2D eigenvalue weighted by atomic mass is 16.3. The summed E-state index contributed by atoms with van der Waals surface area (Å²) in [5.74, 6) is 0.845. The third-order valence-electron chi connectivity index (χ3n) is 2.97. The minimum atomic E-state index is -0.475. The number of aromatic nitrogens is 1. The third kappa shape index (κ3) is 2.51. The molecule has 0 radical (unpaired) electrons. The van der Waals surface area contributed by atoms with Crippen molar-refractivity contribution in [3.63, 3.8) is 0 Å². The smallest absolute Gasteiger partial charge is 0.128 e. The summed E-state index contributed by atoms with van der Waals surface area (Å²) in [4.78, 5) is 6.35. The van der Waals surface area contributed by atoms with E-state index in [1.165, 1.54) is 0 Å². The van der Waals surface area contributed by atoms with Crippen LogP contribution in [0.1, 0.15) is 31.4 Å². The molecule has 1 aliphatic rings. The molecule has 1 aromatic heterocycles. The highest BCUT2D eigenvalue weighted by molar-refractivity contribution is 5.42. The van der Waals surface area contributed by atoms with Crippen LogP contribution in [0.3, 0.4) is 0 Å². The molecule has 2 N–H and O–H groups in total. The van der Waals surface area contributed by atoms with Crippen LogP contribution in [0.25, 0.3) is 0 Å². The topological polar surface area (TPSA) is 56.6 Å². The van der Waals surface area contributed by atoms with E-state index in [0.717, 1.165) is 30.8 Å². The molecule has 4 nitrogen and oxygen atoms in total. The van der Waals surface area contributed by atoms with E-state index in [1.807, 2.05) is 12.1 Å². The van der Waals surface area contributed by atoms with E-state index in [4.69, 9.17) is 0 Å². The summed E-state index contributed by atoms with van der Waals surface area (Å²) in [5.41, 5.74) is 0.866. The van der Waals surface area contributed by atoms with Gasteiger partial charge < -0.3 is 15.1 Å². The van der Waals surface area contributed by atoms with Gasteiger partial charge in [0.05, 0.1) is 12.2 Å². The molecule has 2 unspecified atom stereocenters. The second-order valence-electron chi connectivity index (χ2n) is 4.37. The lowest BCUT2D eigenvalue weighted by Crippen LogP contribution is -2.38. The Bertz CT molecular complexity index is 355. The van der Waals surface area contributed by atoms with Crippen molar-refractivity contribution in [2.75, 3.05) is 18.0 Å². The Hall–Kier alpha value is -1.13. The Kier molecular flexibility index (Phi) is 3.41. The first-order chi connectivity index (χ1) is 7.66. The van der Waals surface area contributed by atoms with Crippen LogP contribution < -0.4 is 4.90 Å². The molecular formula is C12H18N2O2. The highest BCUT2D eigenvalue weighted by Gasteiger charge is 2.19. The average molecular weight is 222 g/mol. The van der Waals surface area contributed by atoms with E-state index in [-0.39, 0.29) is 6.10 Å². The van der Waals surface area contributed by atoms with Gasteiger partial charge in [-0.2, -0.15) is 0 Å². The Morgan fingerprint density at radius 1 is 1.56 bits per heavy atom. The fourth-order valence-electron chi connectivity index (χ4n) is 2.03. The van der Waals surface area contributed by atoms with E-state index < -0.39 is 6.10 Å². The van der Waals surface area contributed by atoms with Crippen molar-refractivity contribution >= 4 is 5.82 Å². The quantitative estimate of drug-likeness (QED) is 0.786. The van der Waals surface area contributed by atoms with Crippen LogP contribution in [0.4, 0.5) is 5.82 Å². The lowest BCUT2D eigenvalue weighted by Gasteiger charge is -2.31. The SMILES string of the molecule is CC(O)c1ccnc(N2CCCC(O)C2)c1. The summed E-state index contributed by atoms with van der Waals surface area (Å²) < 4.78 is 0. The standard InChI is InChI=1S/C12H18N2O2/c1-9(15)10-4-5-13-12(7-10)14-6-2-3-11(16)8-14/h4-5,7,9,11,15-16H,2-3,6,8H2,1H3. The van der Waals surface area contributed by atoms with E-state index in [9.17, 15) is 10.2 Å². The first kappa shape index (κ1) is 11.4. The van der Waals surface area contributed by atoms with Crippen LogP contribution in [0.15, 0.2) is 18.3 Å². The third-order valence-corrected chi connectivity index (χ3v) is 2.97. The number of aliphatic hydroxyl groups is 2. The monoisotopic (exact) mass is 222 g/mol. The molecule has 0 bridgehead atoms. The molecule has 0 spiro atoms. The van der Waals surface area contributed by atoms with Gasteiger partial charge in [0, 0.05) is 19.3 Å². The van der Waals surface area contributed by atoms with E-state index in [2.05, 4.69) is 9.88 Å². The number of pyridine rings is 1. The zero-order valence-electron chi connectivity index (χ0n) is 9.50. The lowest BCUT2D eigenvalue weighted by atomic mass is 10.1. The van der Waals surface area contributed by atoms with E-state index in [0.29, 0.717) is 6.54 Å². The van der Waals surface area contributed by atoms with Crippen LogP contribution in [0, 0.1) is 0 Å². The fourth-order valence-corrected chi connectivity index (χ4v) is 2.03. The fraction of sp³-hybridized carbons (Fsp3) is 0.583. The van der Waals surface area contributed by atoms with Gasteiger partial charge in [0.2, 0.25) is 0 Å². The first-order valence-electron chi connectivity index (χ1n) is 5.74. The van der Waals surface area contributed by atoms with Crippen molar-refractivity contribution in [2.45, 2.75) is 32.0 Å². The normalized spacial score (nSPS) is 23.2. The summed E-state index contributed by atoms with van der Waals surface area (Å²) in [5, 5.41) is 19.1. The summed E-state index contributed by atoms with van der Waals surface area (Å²) >= 11 is 0. The van der Waals surface area contributed by atoms with Gasteiger partial charge in [-0.1, -0.05) is 0 Å². The molecule has 88 valence electrons. The Labute approximate surface area is 95.5 Å². The number of nitrogens with zero attached hydrogens (tertiary/aromatic N) is 2. The van der Waals surface area contributed by atoms with Crippen LogP contribution in [-0.4, -0.2) is 34.4 Å². The average Bonchev–Trinajstić information content (AvgIpc) is 2.29. The van der Waals surface area contributed by atoms with Crippen molar-refractivity contribution in [1.29, 1.82) is 0 Å². The van der Waals surface area contributed by atoms with Gasteiger partial charge in [-0.05, 0) is 37.5 Å². The second kappa shape index (κ2) is 4.80. The van der Waals surface area contributed by atoms with Crippen LogP contribution in [0.5, 0.6) is 0 Å². The maximum absolute atomic E-state index is 9.60. The van der Waals surface area contributed by atoms with Gasteiger partial charge in [-0.15, -0.1) is 0 Å². The molecule has 1 aromatic rings. The van der Waals surface area contributed by atoms with Crippen molar-refractivity contribution in [3.05, 3.63) is 23.9 Å². The summed E-state index contributed by atoms with van der Waals surface area (Å²) in [6.45, 7) is 3.30. The number of rotatable bonds is 2. The van der Waals surface area contributed by atoms with Gasteiger partial charge in [0.1, 0.15) is 5.82 Å². The summed E-state index contributed by atoms with van der Waals surface area (Å²) in [7, 11) is 0. The van der Waals surface area contributed by atoms with Gasteiger partial charge in [-0.25, -0.2) is 4.98 Å². The van der Waals surface area contributed by atoms with Crippen molar-refractivity contribution in [2.24, 2.45) is 0 Å². The molecule has 1 aliphatic heterocycles. The number of aliphatic hydroxyl groups excluding tert-OH is 2. The lowest BCUT2D eigenvalue weighted by molar-refractivity contribution is 0.154. The van der Waals surface area contributed by atoms with Crippen LogP contribution in [-0.2, 0) is 0 Å². The molecule has 0 aromatic carbocycles. The van der Waals surface area contributed by atoms with Crippen molar-refractivity contribution in [3.8, 4) is 0 Å². The molecule has 0 amide bonds. The Morgan fingerprint density at radius 3 is 3.06 bits per heavy atom. The molecule has 0 aliphatic carbocycles. The maximum atomic E-state index is 9.60. The molecule has 2 rings (SSSR count). The predicted molar refractivity (Wildman–Crippen MR) is 62.3 cm³/mol. The maximum Gasteiger partial charge on any atom is 0.128 e. The zero-order valence-corrected chi connectivity index (χ0v) is 9.50. The molecule has 2 heterocycles. The molecule has 0 saturated carbocycles. The van der Waals surface area contributed by atoms with Crippen LogP contribution in [0.2, 0.25) is 0 Å². The molecular weight excluding hydrogens is 204 g/mol. The Morgan fingerprint density at radius 2 is 2.38 bits per heavy atom. The predicted octanol–water partition coefficient (Wildman–Crippen LogP) is 1.10. The minimum Gasteiger partial charge on any atom is -0.391 e. The Balaban J connectivity index is 2.16. The second-order valence-corrected chi connectivity index (χ2v) is 4.37. The molecule has 4 heteroatoms. The number of β-amino-alcohol motifs (C(OH)–C–C–N with tert-alkyl or cyclic N) is 1. The molecule has 16 heavy (non-hydrogen) atoms. The van der Waals surface area contributed by atoms with Gasteiger partial charge >= 0.3 is 0 Å². The largest absolute Gasteiger partial charge is 0.391 e. The van der Waals surface area contributed by atoms with Gasteiger partial charge in [0.25, 0.3) is 0 Å².